The normalized spacial score (nSPS) is 11.4. The highest BCUT2D eigenvalue weighted by Gasteiger charge is 2.12. The Hall–Kier alpha value is -3.86. The van der Waals surface area contributed by atoms with Crippen LogP contribution in [0.5, 0.6) is 5.75 Å². The van der Waals surface area contributed by atoms with Gasteiger partial charge in [0.15, 0.2) is 5.65 Å². The molecule has 30 heavy (non-hydrogen) atoms. The quantitative estimate of drug-likeness (QED) is 0.234. The predicted octanol–water partition coefficient (Wildman–Crippen LogP) is 4.60. The first kappa shape index (κ1) is 19.5. The van der Waals surface area contributed by atoms with E-state index in [2.05, 4.69) is 30.2 Å². The van der Waals surface area contributed by atoms with Gasteiger partial charge < -0.3 is 15.2 Å². The highest BCUT2D eigenvalue weighted by molar-refractivity contribution is 7.98. The van der Waals surface area contributed by atoms with Crippen molar-refractivity contribution in [3.63, 3.8) is 0 Å². The molecular formula is C19H13FN6O3S. The Bertz CT molecular complexity index is 1260. The smallest absolute Gasteiger partial charge is 0.339 e. The van der Waals surface area contributed by atoms with Crippen molar-refractivity contribution in [3.8, 4) is 5.75 Å². The van der Waals surface area contributed by atoms with Crippen LogP contribution in [0.1, 0.15) is 15.9 Å². The molecular weight excluding hydrogens is 411 g/mol. The molecule has 0 amide bonds. The summed E-state index contributed by atoms with van der Waals surface area (Å²) in [4.78, 5) is 26.5. The highest BCUT2D eigenvalue weighted by atomic mass is 32.2. The average molecular weight is 424 g/mol. The molecule has 0 unspecified atom stereocenters. The van der Waals surface area contributed by atoms with E-state index in [4.69, 9.17) is 5.11 Å². The first-order chi connectivity index (χ1) is 14.5. The maximum atomic E-state index is 13.0. The Labute approximate surface area is 172 Å². The zero-order chi connectivity index (χ0) is 21.1. The largest absolute Gasteiger partial charge is 0.507 e. The molecule has 0 fully saturated rings. The summed E-state index contributed by atoms with van der Waals surface area (Å²) >= 11 is 1.44. The van der Waals surface area contributed by atoms with Gasteiger partial charge in [-0.1, -0.05) is 23.9 Å². The summed E-state index contributed by atoms with van der Waals surface area (Å²) < 4.78 is 13.0. The summed E-state index contributed by atoms with van der Waals surface area (Å²) in [7, 11) is 0. The van der Waals surface area contributed by atoms with Gasteiger partial charge in [0.1, 0.15) is 34.0 Å². The molecule has 0 saturated heterocycles. The number of H-pyrrole nitrogens is 1. The number of phenols is 1. The number of hydrogen-bond donors (Lipinski definition) is 3. The number of halogens is 1. The number of benzene rings is 2. The van der Waals surface area contributed by atoms with Crippen LogP contribution >= 0.6 is 11.8 Å². The number of thioether (sulfide) groups is 1. The van der Waals surface area contributed by atoms with Crippen LogP contribution in [0.4, 0.5) is 16.0 Å². The number of azo groups is 1. The molecule has 0 saturated carbocycles. The van der Waals surface area contributed by atoms with Gasteiger partial charge in [0.05, 0.1) is 5.69 Å². The molecule has 4 rings (SSSR count). The monoisotopic (exact) mass is 424 g/mol. The fourth-order valence-electron chi connectivity index (χ4n) is 2.55. The lowest BCUT2D eigenvalue weighted by atomic mass is 10.2. The first-order valence-corrected chi connectivity index (χ1v) is 9.54. The van der Waals surface area contributed by atoms with Gasteiger partial charge in [-0.05, 0) is 29.8 Å². The Balaban J connectivity index is 1.54. The molecule has 2 aromatic heterocycles. The molecule has 2 heterocycles. The van der Waals surface area contributed by atoms with Gasteiger partial charge in [-0.25, -0.2) is 19.2 Å². The number of carboxylic acid groups (broad SMARTS) is 1. The summed E-state index contributed by atoms with van der Waals surface area (Å²) in [5, 5.41) is 27.3. The minimum absolute atomic E-state index is 0.177. The fraction of sp³-hybridized carbons (Fsp3) is 0.0526. The zero-order valence-electron chi connectivity index (χ0n) is 15.2. The van der Waals surface area contributed by atoms with Gasteiger partial charge in [0, 0.05) is 11.8 Å². The third-order valence-corrected chi connectivity index (χ3v) is 5.06. The van der Waals surface area contributed by atoms with Crippen molar-refractivity contribution in [2.75, 3.05) is 0 Å². The molecule has 150 valence electrons. The lowest BCUT2D eigenvalue weighted by Gasteiger charge is -2.01. The molecule has 0 aliphatic carbocycles. The van der Waals surface area contributed by atoms with Crippen molar-refractivity contribution in [2.24, 2.45) is 10.2 Å². The van der Waals surface area contributed by atoms with Crippen molar-refractivity contribution in [2.45, 2.75) is 10.8 Å². The summed E-state index contributed by atoms with van der Waals surface area (Å²) in [6, 6.07) is 10.1. The molecule has 3 N–H and O–H groups in total. The van der Waals surface area contributed by atoms with Gasteiger partial charge in [-0.3, -0.25) is 0 Å². The molecule has 0 aliphatic heterocycles. The Morgan fingerprint density at radius 1 is 1.13 bits per heavy atom. The summed E-state index contributed by atoms with van der Waals surface area (Å²) in [5.41, 5.74) is 1.97. The summed E-state index contributed by atoms with van der Waals surface area (Å²) in [6.45, 7) is 0. The number of hydrogen-bond acceptors (Lipinski definition) is 8. The van der Waals surface area contributed by atoms with Crippen molar-refractivity contribution >= 4 is 40.5 Å². The standard InChI is InChI=1S/C19H13FN6O3S/c20-11-3-1-10(2-4-11)8-30-17-15-16(21-9-22-17)24-19(23-15)26-25-12-5-6-13(18(28)29)14(27)7-12/h1-7,9,27H,8H2,(H,28,29)(H,21,22,23,24). The van der Waals surface area contributed by atoms with Crippen LogP contribution in [0.15, 0.2) is 64.0 Å². The number of fused-ring (bicyclic) bond motifs is 1. The van der Waals surface area contributed by atoms with Crippen LogP contribution in [0.25, 0.3) is 11.2 Å². The lowest BCUT2D eigenvalue weighted by molar-refractivity contribution is 0.0694. The van der Waals surface area contributed by atoms with Gasteiger partial charge in [-0.15, -0.1) is 10.2 Å². The third kappa shape index (κ3) is 4.25. The lowest BCUT2D eigenvalue weighted by Crippen LogP contribution is -1.95. The summed E-state index contributed by atoms with van der Waals surface area (Å²) in [6.07, 6.45) is 1.39. The number of rotatable bonds is 6. The van der Waals surface area contributed by atoms with Gasteiger partial charge in [0.25, 0.3) is 0 Å². The fourth-order valence-corrected chi connectivity index (χ4v) is 3.46. The number of carbonyl (C=O) groups is 1. The molecule has 0 spiro atoms. The molecule has 11 heteroatoms. The molecule has 0 radical (unpaired) electrons. The van der Waals surface area contributed by atoms with Crippen LogP contribution < -0.4 is 0 Å². The number of aromatic hydroxyl groups is 1. The van der Waals surface area contributed by atoms with E-state index in [1.807, 2.05) is 0 Å². The second-order valence-electron chi connectivity index (χ2n) is 6.06. The van der Waals surface area contributed by atoms with E-state index < -0.39 is 11.7 Å². The van der Waals surface area contributed by atoms with E-state index >= 15 is 0 Å². The Morgan fingerprint density at radius 2 is 1.93 bits per heavy atom. The van der Waals surface area contributed by atoms with Crippen LogP contribution in [-0.2, 0) is 5.75 Å². The van der Waals surface area contributed by atoms with Crippen molar-refractivity contribution in [3.05, 3.63) is 65.7 Å². The Kier molecular flexibility index (Phi) is 5.35. The highest BCUT2D eigenvalue weighted by Crippen LogP contribution is 2.29. The second kappa shape index (κ2) is 8.25. The number of aromatic carboxylic acids is 1. The number of nitrogens with one attached hydrogen (secondary N) is 1. The SMILES string of the molecule is O=C(O)c1ccc(N=Nc2nc3ncnc(SCc4ccc(F)cc4)c3[nH]2)cc1O. The van der Waals surface area contributed by atoms with Crippen LogP contribution in [0, 0.1) is 5.82 Å². The van der Waals surface area contributed by atoms with Crippen LogP contribution in [-0.4, -0.2) is 36.1 Å². The van der Waals surface area contributed by atoms with E-state index in [-0.39, 0.29) is 23.0 Å². The molecule has 0 bridgehead atoms. The van der Waals surface area contributed by atoms with E-state index in [1.165, 1.54) is 48.4 Å². The minimum Gasteiger partial charge on any atom is -0.507 e. The van der Waals surface area contributed by atoms with E-state index in [9.17, 15) is 14.3 Å². The van der Waals surface area contributed by atoms with Crippen molar-refractivity contribution in [1.82, 2.24) is 19.9 Å². The van der Waals surface area contributed by atoms with Crippen LogP contribution in [0.2, 0.25) is 0 Å². The van der Waals surface area contributed by atoms with Gasteiger partial charge in [0.2, 0.25) is 5.95 Å². The first-order valence-electron chi connectivity index (χ1n) is 8.55. The van der Waals surface area contributed by atoms with Gasteiger partial charge in [-0.2, -0.15) is 4.98 Å². The van der Waals surface area contributed by atoms with E-state index in [1.54, 1.807) is 12.1 Å². The minimum atomic E-state index is -1.24. The molecule has 4 aromatic rings. The van der Waals surface area contributed by atoms with Crippen molar-refractivity contribution in [1.29, 1.82) is 0 Å². The molecule has 0 aliphatic rings. The number of imidazole rings is 1. The van der Waals surface area contributed by atoms with E-state index in [0.29, 0.717) is 21.9 Å². The van der Waals surface area contributed by atoms with Crippen molar-refractivity contribution < 1.29 is 19.4 Å². The third-order valence-electron chi connectivity index (χ3n) is 4.00. The molecule has 0 atom stereocenters. The number of nitrogens with zero attached hydrogens (tertiary/aromatic N) is 5. The predicted molar refractivity (Wildman–Crippen MR) is 107 cm³/mol. The topological polar surface area (TPSA) is 137 Å². The second-order valence-corrected chi connectivity index (χ2v) is 7.02. The molecule has 2 aromatic carbocycles. The maximum Gasteiger partial charge on any atom is 0.339 e. The molecule has 9 nitrogen and oxygen atoms in total. The van der Waals surface area contributed by atoms with Crippen LogP contribution in [0.3, 0.4) is 0 Å². The summed E-state index contributed by atoms with van der Waals surface area (Å²) in [5.74, 6) is -1.18. The van der Waals surface area contributed by atoms with Gasteiger partial charge >= 0.3 is 5.97 Å². The van der Waals surface area contributed by atoms with E-state index in [0.717, 1.165) is 5.56 Å². The maximum absolute atomic E-state index is 13.0. The number of aromatic nitrogens is 4. The Morgan fingerprint density at radius 3 is 2.67 bits per heavy atom. The average Bonchev–Trinajstić information content (AvgIpc) is 3.15. The zero-order valence-corrected chi connectivity index (χ0v) is 16.0. The number of carboxylic acids is 1. The number of aromatic amines is 1.